The molecule has 0 spiro atoms. The number of alkyl halides is 10. The molecule has 0 saturated carbocycles. The third-order valence-corrected chi connectivity index (χ3v) is 1.69. The molecule has 12 heteroatoms. The Morgan fingerprint density at radius 2 is 1.11 bits per heavy atom. The number of hydrogen-bond acceptors (Lipinski definition) is 1. The van der Waals surface area contributed by atoms with Gasteiger partial charge in [0, 0.05) is 0 Å². The van der Waals surface area contributed by atoms with E-state index in [1.165, 1.54) is 0 Å². The maximum absolute atomic E-state index is 12.5. The Morgan fingerprint density at radius 1 is 0.778 bits per heavy atom. The maximum atomic E-state index is 12.5. The van der Waals surface area contributed by atoms with Gasteiger partial charge in [0.25, 0.3) is 0 Å². The van der Waals surface area contributed by atoms with E-state index in [0.29, 0.717) is 0 Å². The highest BCUT2D eigenvalue weighted by atomic mass is 35.5. The van der Waals surface area contributed by atoms with Crippen molar-refractivity contribution in [2.45, 2.75) is 36.7 Å². The van der Waals surface area contributed by atoms with E-state index in [9.17, 15) is 43.9 Å². The van der Waals surface area contributed by atoms with Crippen LogP contribution in [0.15, 0.2) is 0 Å². The summed E-state index contributed by atoms with van der Waals surface area (Å²) in [7, 11) is 0. The molecule has 0 bridgehead atoms. The minimum atomic E-state index is -6.69. The van der Waals surface area contributed by atoms with Crippen LogP contribution in [0.4, 0.5) is 43.9 Å². The van der Waals surface area contributed by atoms with Crippen LogP contribution in [0.25, 0.3) is 0 Å². The van der Waals surface area contributed by atoms with E-state index in [4.69, 9.17) is 0 Å². The van der Waals surface area contributed by atoms with Gasteiger partial charge in [-0.2, -0.15) is 43.9 Å². The predicted octanol–water partition coefficient (Wildman–Crippen LogP) is 3.52. The van der Waals surface area contributed by atoms with Gasteiger partial charge in [-0.15, -0.1) is 12.4 Å². The zero-order valence-corrected chi connectivity index (χ0v) is 8.87. The van der Waals surface area contributed by atoms with Gasteiger partial charge in [-0.1, -0.05) is 0 Å². The molecule has 0 saturated heterocycles. The lowest BCUT2D eigenvalue weighted by molar-refractivity contribution is -0.361. The van der Waals surface area contributed by atoms with Gasteiger partial charge in [0.1, 0.15) is 0 Å². The highest BCUT2D eigenvalue weighted by Crippen LogP contribution is 2.48. The Balaban J connectivity index is 0. The van der Waals surface area contributed by atoms with Crippen molar-refractivity contribution in [2.75, 3.05) is 0 Å². The summed E-state index contributed by atoms with van der Waals surface area (Å²) in [6.07, 6.45) is -14.7. The molecule has 2 N–H and O–H groups in total. The summed E-state index contributed by atoms with van der Waals surface area (Å²) in [5, 5.41) is 0. The van der Waals surface area contributed by atoms with Crippen molar-refractivity contribution >= 4 is 12.4 Å². The molecule has 0 fully saturated rings. The molecule has 0 aromatic carbocycles. The Bertz CT molecular complexity index is 269. The van der Waals surface area contributed by atoms with Crippen molar-refractivity contribution in [2.24, 2.45) is 5.73 Å². The Labute approximate surface area is 99.7 Å². The summed E-state index contributed by atoms with van der Waals surface area (Å²) in [5.41, 5.74) is 4.07. The first-order valence-electron chi connectivity index (χ1n) is 3.77. The number of halogens is 11. The van der Waals surface area contributed by atoms with E-state index >= 15 is 0 Å². The first-order chi connectivity index (χ1) is 7.13. The fraction of sp³-hybridized carbons (Fsp3) is 1.00. The second-order valence-corrected chi connectivity index (χ2v) is 3.12. The van der Waals surface area contributed by atoms with Crippen molar-refractivity contribution < 1.29 is 43.9 Å². The minimum Gasteiger partial charge on any atom is -0.322 e. The molecule has 112 valence electrons. The molecular weight excluding hydrogens is 312 g/mol. The maximum Gasteiger partial charge on any atom is 0.459 e. The molecule has 18 heavy (non-hydrogen) atoms. The Morgan fingerprint density at radius 3 is 1.33 bits per heavy atom. The van der Waals surface area contributed by atoms with Gasteiger partial charge in [0.05, 0.1) is 12.5 Å². The van der Waals surface area contributed by atoms with Crippen LogP contribution in [-0.2, 0) is 0 Å². The monoisotopic (exact) mass is 317 g/mol. The summed E-state index contributed by atoms with van der Waals surface area (Å²) in [6, 6.07) is -3.70. The second-order valence-electron chi connectivity index (χ2n) is 3.12. The van der Waals surface area contributed by atoms with Crippen LogP contribution < -0.4 is 5.73 Å². The van der Waals surface area contributed by atoms with Gasteiger partial charge in [0.2, 0.25) is 0 Å². The summed E-state index contributed by atoms with van der Waals surface area (Å²) >= 11 is 0. The zero-order valence-electron chi connectivity index (χ0n) is 8.05. The van der Waals surface area contributed by atoms with Gasteiger partial charge < -0.3 is 5.73 Å². The van der Waals surface area contributed by atoms with Crippen molar-refractivity contribution in [1.29, 1.82) is 0 Å². The molecule has 0 heterocycles. The first kappa shape index (κ1) is 19.9. The van der Waals surface area contributed by atoms with Crippen LogP contribution in [0.1, 0.15) is 6.42 Å². The average molecular weight is 318 g/mol. The van der Waals surface area contributed by atoms with Crippen molar-refractivity contribution in [3.05, 3.63) is 0 Å². The first-order valence-corrected chi connectivity index (χ1v) is 3.77. The molecular formula is C6H6ClF10N. The van der Waals surface area contributed by atoms with Crippen LogP contribution in [0.2, 0.25) is 0 Å². The van der Waals surface area contributed by atoms with Gasteiger partial charge in [-0.25, -0.2) is 0 Å². The van der Waals surface area contributed by atoms with Gasteiger partial charge >= 0.3 is 24.2 Å². The minimum absolute atomic E-state index is 0. The van der Waals surface area contributed by atoms with Crippen LogP contribution in [-0.4, -0.2) is 30.2 Å². The average Bonchev–Trinajstić information content (AvgIpc) is 1.97. The lowest BCUT2D eigenvalue weighted by Crippen LogP contribution is -2.61. The number of nitrogens with two attached hydrogens (primary N) is 1. The normalized spacial score (nSPS) is 16.2. The fourth-order valence-corrected chi connectivity index (χ4v) is 0.799. The SMILES string of the molecule is Cl.N[C@H](CC(F)(F)F)C(F)(F)C(F)(F)C(F)(F)F. The molecule has 0 aromatic rings. The van der Waals surface area contributed by atoms with E-state index in [-0.39, 0.29) is 12.4 Å². The Hall–Kier alpha value is -0.450. The molecule has 0 aliphatic carbocycles. The number of hydrogen-bond donors (Lipinski definition) is 1. The van der Waals surface area contributed by atoms with Gasteiger partial charge in [-0.3, -0.25) is 0 Å². The van der Waals surface area contributed by atoms with E-state index in [2.05, 4.69) is 5.73 Å². The molecule has 0 amide bonds. The smallest absolute Gasteiger partial charge is 0.322 e. The number of rotatable bonds is 3. The van der Waals surface area contributed by atoms with Crippen LogP contribution in [0.5, 0.6) is 0 Å². The van der Waals surface area contributed by atoms with E-state index in [0.717, 1.165) is 0 Å². The zero-order chi connectivity index (χ0) is 14.3. The second kappa shape index (κ2) is 5.27. The van der Waals surface area contributed by atoms with Gasteiger partial charge in [-0.05, 0) is 0 Å². The lowest BCUT2D eigenvalue weighted by atomic mass is 10.0. The topological polar surface area (TPSA) is 26.0 Å². The van der Waals surface area contributed by atoms with E-state index < -0.39 is 36.7 Å². The fourth-order valence-electron chi connectivity index (χ4n) is 0.799. The lowest BCUT2D eigenvalue weighted by Gasteiger charge is -2.32. The molecule has 0 radical (unpaired) electrons. The van der Waals surface area contributed by atoms with Crippen LogP contribution in [0, 0.1) is 0 Å². The molecule has 0 aromatic heterocycles. The van der Waals surface area contributed by atoms with Gasteiger partial charge in [0.15, 0.2) is 0 Å². The van der Waals surface area contributed by atoms with Crippen LogP contribution in [0.3, 0.4) is 0 Å². The highest BCUT2D eigenvalue weighted by molar-refractivity contribution is 5.85. The quantitative estimate of drug-likeness (QED) is 0.792. The third-order valence-electron chi connectivity index (χ3n) is 1.69. The summed E-state index contributed by atoms with van der Waals surface area (Å²) in [4.78, 5) is 0. The molecule has 0 rings (SSSR count). The third kappa shape index (κ3) is 4.04. The summed E-state index contributed by atoms with van der Waals surface area (Å²) in [6.45, 7) is 0. The van der Waals surface area contributed by atoms with E-state index in [1.54, 1.807) is 0 Å². The standard InChI is InChI=1S/C6H5F10N.ClH/c7-3(8,9)1-2(17)4(10,11)5(12,13)6(14,15)16;/h2H,1,17H2;1H/t2-;/m1./s1. The summed E-state index contributed by atoms with van der Waals surface area (Å²) in [5.74, 6) is -12.7. The van der Waals surface area contributed by atoms with E-state index in [1.807, 2.05) is 0 Å². The molecule has 0 aliphatic rings. The molecule has 1 nitrogen and oxygen atoms in total. The highest BCUT2D eigenvalue weighted by Gasteiger charge is 2.75. The Kier molecular flexibility index (Phi) is 5.82. The summed E-state index contributed by atoms with van der Waals surface area (Å²) < 4.78 is 119. The molecule has 1 atom stereocenters. The van der Waals surface area contributed by atoms with Crippen LogP contribution >= 0.6 is 12.4 Å². The molecule has 0 unspecified atom stereocenters. The largest absolute Gasteiger partial charge is 0.459 e. The molecule has 0 aliphatic heterocycles. The van der Waals surface area contributed by atoms with Crippen molar-refractivity contribution in [1.82, 2.24) is 0 Å². The van der Waals surface area contributed by atoms with Crippen molar-refractivity contribution in [3.8, 4) is 0 Å². The van der Waals surface area contributed by atoms with Crippen molar-refractivity contribution in [3.63, 3.8) is 0 Å². The predicted molar refractivity (Wildman–Crippen MR) is 41.8 cm³/mol.